The van der Waals surface area contributed by atoms with Gasteiger partial charge in [-0.1, -0.05) is 39.0 Å². The summed E-state index contributed by atoms with van der Waals surface area (Å²) in [6.45, 7) is 11.3. The molecule has 23 heavy (non-hydrogen) atoms. The third-order valence-electron chi connectivity index (χ3n) is 3.14. The molecule has 0 fully saturated rings. The van der Waals surface area contributed by atoms with Crippen LogP contribution in [0.4, 0.5) is 0 Å². The van der Waals surface area contributed by atoms with Crippen molar-refractivity contribution < 1.29 is 8.42 Å². The fourth-order valence-corrected chi connectivity index (χ4v) is 4.00. The van der Waals surface area contributed by atoms with Gasteiger partial charge in [-0.05, 0) is 32.9 Å². The number of para-hydroxylation sites is 1. The molecular formula is C17H25N3O2S. The molecule has 126 valence electrons. The third-order valence-corrected chi connectivity index (χ3v) is 4.90. The van der Waals surface area contributed by atoms with Crippen molar-refractivity contribution in [3.63, 3.8) is 0 Å². The highest BCUT2D eigenvalue weighted by Gasteiger charge is 2.32. The van der Waals surface area contributed by atoms with E-state index in [1.54, 1.807) is 10.9 Å². The number of hydrogen-bond donors (Lipinski definition) is 1. The first-order chi connectivity index (χ1) is 10.4. The topological polar surface area (TPSA) is 64.0 Å². The van der Waals surface area contributed by atoms with E-state index in [0.29, 0.717) is 5.69 Å². The maximum atomic E-state index is 12.8. The van der Waals surface area contributed by atoms with Gasteiger partial charge in [-0.15, -0.1) is 0 Å². The van der Waals surface area contributed by atoms with E-state index in [0.717, 1.165) is 5.69 Å². The van der Waals surface area contributed by atoms with Gasteiger partial charge in [0.25, 0.3) is 0 Å². The second-order valence-electron chi connectivity index (χ2n) is 7.73. The van der Waals surface area contributed by atoms with Crippen LogP contribution in [0.2, 0.25) is 0 Å². The largest absolute Gasteiger partial charge is 0.244 e. The van der Waals surface area contributed by atoms with Gasteiger partial charge in [0.15, 0.2) is 0 Å². The molecule has 6 heteroatoms. The van der Waals surface area contributed by atoms with Crippen LogP contribution in [0.1, 0.15) is 47.2 Å². The number of nitrogens with zero attached hydrogens (tertiary/aromatic N) is 2. The zero-order valence-corrected chi connectivity index (χ0v) is 15.4. The summed E-state index contributed by atoms with van der Waals surface area (Å²) in [5.74, 6) is 0. The highest BCUT2D eigenvalue weighted by molar-refractivity contribution is 7.89. The van der Waals surface area contributed by atoms with Crippen LogP contribution >= 0.6 is 0 Å². The molecule has 1 N–H and O–H groups in total. The summed E-state index contributed by atoms with van der Waals surface area (Å²) in [4.78, 5) is 0.226. The number of hydrogen-bond acceptors (Lipinski definition) is 3. The summed E-state index contributed by atoms with van der Waals surface area (Å²) in [6, 6.07) is 9.50. The molecule has 0 aliphatic rings. The van der Waals surface area contributed by atoms with Crippen molar-refractivity contribution in [2.24, 2.45) is 0 Å². The number of rotatable bonds is 3. The molecule has 0 aliphatic heterocycles. The van der Waals surface area contributed by atoms with Crippen molar-refractivity contribution in [3.8, 4) is 5.69 Å². The molecule has 0 spiro atoms. The molecule has 0 saturated heterocycles. The van der Waals surface area contributed by atoms with Gasteiger partial charge in [-0.2, -0.15) is 5.10 Å². The fourth-order valence-electron chi connectivity index (χ4n) is 2.25. The number of aromatic nitrogens is 2. The maximum absolute atomic E-state index is 12.8. The summed E-state index contributed by atoms with van der Waals surface area (Å²) < 4.78 is 29.9. The Bertz CT molecular complexity index is 779. The molecule has 0 aliphatic carbocycles. The van der Waals surface area contributed by atoms with Gasteiger partial charge in [0.1, 0.15) is 4.90 Å². The van der Waals surface area contributed by atoms with Crippen LogP contribution in [0.3, 0.4) is 0 Å². The van der Waals surface area contributed by atoms with E-state index >= 15 is 0 Å². The van der Waals surface area contributed by atoms with E-state index in [1.807, 2.05) is 71.9 Å². The zero-order chi connectivity index (χ0) is 17.5. The Morgan fingerprint density at radius 2 is 1.57 bits per heavy atom. The van der Waals surface area contributed by atoms with Crippen LogP contribution in [0, 0.1) is 0 Å². The molecule has 0 atom stereocenters. The van der Waals surface area contributed by atoms with E-state index < -0.39 is 15.6 Å². The van der Waals surface area contributed by atoms with Crippen LogP contribution in [-0.2, 0) is 15.4 Å². The lowest BCUT2D eigenvalue weighted by Crippen LogP contribution is -2.41. The Morgan fingerprint density at radius 1 is 1.00 bits per heavy atom. The standard InChI is InChI=1S/C17H25N3O2S/c1-16(2,3)15-14(23(21,22)19-17(4,5)6)12-20(18-15)13-10-8-7-9-11-13/h7-12,19H,1-6H3. The van der Waals surface area contributed by atoms with Gasteiger partial charge in [0, 0.05) is 11.0 Å². The first kappa shape index (κ1) is 17.7. The Hall–Kier alpha value is -1.66. The molecule has 5 nitrogen and oxygen atoms in total. The smallest absolute Gasteiger partial charge is 0.239 e. The normalized spacial score (nSPS) is 13.3. The quantitative estimate of drug-likeness (QED) is 0.936. The van der Waals surface area contributed by atoms with E-state index in [-0.39, 0.29) is 10.3 Å². The molecule has 0 unspecified atom stereocenters. The second-order valence-corrected chi connectivity index (χ2v) is 9.38. The summed E-state index contributed by atoms with van der Waals surface area (Å²) in [7, 11) is -3.65. The molecule has 1 aromatic carbocycles. The maximum Gasteiger partial charge on any atom is 0.244 e. The number of sulfonamides is 1. The van der Waals surface area contributed by atoms with Gasteiger partial charge in [-0.25, -0.2) is 17.8 Å². The third kappa shape index (κ3) is 4.20. The zero-order valence-electron chi connectivity index (χ0n) is 14.6. The lowest BCUT2D eigenvalue weighted by Gasteiger charge is -2.22. The van der Waals surface area contributed by atoms with Crippen molar-refractivity contribution in [2.45, 2.75) is 57.4 Å². The van der Waals surface area contributed by atoms with Crippen molar-refractivity contribution in [2.75, 3.05) is 0 Å². The average molecular weight is 335 g/mol. The summed E-state index contributed by atoms with van der Waals surface area (Å²) in [5, 5.41) is 4.55. The van der Waals surface area contributed by atoms with Crippen molar-refractivity contribution in [1.82, 2.24) is 14.5 Å². The average Bonchev–Trinajstić information content (AvgIpc) is 2.82. The SMILES string of the molecule is CC(C)(C)NS(=O)(=O)c1cn(-c2ccccc2)nc1C(C)(C)C. The van der Waals surface area contributed by atoms with Crippen LogP contribution in [0.15, 0.2) is 41.4 Å². The van der Waals surface area contributed by atoms with Gasteiger partial charge in [-0.3, -0.25) is 0 Å². The predicted molar refractivity (Wildman–Crippen MR) is 92.3 cm³/mol. The Labute approximate surface area is 138 Å². The molecule has 1 aromatic heterocycles. The van der Waals surface area contributed by atoms with Gasteiger partial charge < -0.3 is 0 Å². The van der Waals surface area contributed by atoms with Crippen molar-refractivity contribution in [1.29, 1.82) is 0 Å². The van der Waals surface area contributed by atoms with Crippen molar-refractivity contribution >= 4 is 10.0 Å². The van der Waals surface area contributed by atoms with Gasteiger partial charge >= 0.3 is 0 Å². The molecule has 2 aromatic rings. The van der Waals surface area contributed by atoms with Gasteiger partial charge in [0.2, 0.25) is 10.0 Å². The molecule has 0 saturated carbocycles. The number of nitrogens with one attached hydrogen (secondary N) is 1. The van der Waals surface area contributed by atoms with Gasteiger partial charge in [0.05, 0.1) is 17.6 Å². The van der Waals surface area contributed by atoms with E-state index in [2.05, 4.69) is 9.82 Å². The summed E-state index contributed by atoms with van der Waals surface area (Å²) in [5.41, 5.74) is 0.443. The fraction of sp³-hybridized carbons (Fsp3) is 0.471. The monoisotopic (exact) mass is 335 g/mol. The first-order valence-corrected chi connectivity index (χ1v) is 9.08. The van der Waals surface area contributed by atoms with E-state index in [1.165, 1.54) is 0 Å². The Balaban J connectivity index is 2.61. The molecule has 0 radical (unpaired) electrons. The van der Waals surface area contributed by atoms with Crippen molar-refractivity contribution in [3.05, 3.63) is 42.2 Å². The van der Waals surface area contributed by atoms with Crippen LogP contribution < -0.4 is 4.72 Å². The summed E-state index contributed by atoms with van der Waals surface area (Å²) in [6.07, 6.45) is 1.59. The minimum atomic E-state index is -3.65. The lowest BCUT2D eigenvalue weighted by molar-refractivity contribution is 0.487. The van der Waals surface area contributed by atoms with E-state index in [9.17, 15) is 8.42 Å². The van der Waals surface area contributed by atoms with Crippen LogP contribution in [0.25, 0.3) is 5.69 Å². The number of benzene rings is 1. The Kier molecular flexibility index (Phi) is 4.43. The second kappa shape index (κ2) is 5.76. The molecule has 1 heterocycles. The molecular weight excluding hydrogens is 310 g/mol. The minimum absolute atomic E-state index is 0.226. The predicted octanol–water partition coefficient (Wildman–Crippen LogP) is 3.25. The highest BCUT2D eigenvalue weighted by Crippen LogP contribution is 2.29. The first-order valence-electron chi connectivity index (χ1n) is 7.60. The molecule has 0 bridgehead atoms. The lowest BCUT2D eigenvalue weighted by atomic mass is 9.92. The Morgan fingerprint density at radius 3 is 2.04 bits per heavy atom. The minimum Gasteiger partial charge on any atom is -0.239 e. The van der Waals surface area contributed by atoms with E-state index in [4.69, 9.17) is 0 Å². The summed E-state index contributed by atoms with van der Waals surface area (Å²) >= 11 is 0. The van der Waals surface area contributed by atoms with Crippen LogP contribution in [-0.4, -0.2) is 23.7 Å². The van der Waals surface area contributed by atoms with Crippen LogP contribution in [0.5, 0.6) is 0 Å². The molecule has 2 rings (SSSR count). The molecule has 0 amide bonds. The highest BCUT2D eigenvalue weighted by atomic mass is 32.2.